The highest BCUT2D eigenvalue weighted by Gasteiger charge is 2.30. The molecule has 7 heteroatoms. The van der Waals surface area contributed by atoms with Gasteiger partial charge in [0.25, 0.3) is 0 Å². The van der Waals surface area contributed by atoms with Gasteiger partial charge in [-0.2, -0.15) is 0 Å². The van der Waals surface area contributed by atoms with E-state index in [2.05, 4.69) is 19.1 Å². The van der Waals surface area contributed by atoms with E-state index in [1.165, 1.54) is 70.6 Å². The Labute approximate surface area is 245 Å². The maximum Gasteiger partial charge on any atom is 0.306 e. The molecule has 2 N–H and O–H groups in total. The summed E-state index contributed by atoms with van der Waals surface area (Å²) >= 11 is 0. The van der Waals surface area contributed by atoms with Crippen LogP contribution in [0.5, 0.6) is 0 Å². The molecule has 0 bridgehead atoms. The number of unbranched alkanes of at least 4 members (excludes halogenated alkanes) is 12. The van der Waals surface area contributed by atoms with Crippen molar-refractivity contribution in [3.63, 3.8) is 0 Å². The van der Waals surface area contributed by atoms with E-state index in [9.17, 15) is 29.7 Å². The number of carbonyl (C=O) groups excluding carboxylic acids is 1. The molecule has 3 atom stereocenters. The lowest BCUT2D eigenvalue weighted by atomic mass is 10.0. The van der Waals surface area contributed by atoms with Crippen LogP contribution in [-0.2, 0) is 14.4 Å². The Morgan fingerprint density at radius 2 is 0.975 bits per heavy atom. The lowest BCUT2D eigenvalue weighted by Crippen LogP contribution is -2.52. The number of hydrogen-bond donors (Lipinski definition) is 2. The highest BCUT2D eigenvalue weighted by Crippen LogP contribution is 2.22. The molecular formula is C33H61NO6. The first-order valence-corrected chi connectivity index (χ1v) is 16.2. The number of nitrogens with zero attached hydrogens (tertiary/aromatic N) is 1. The van der Waals surface area contributed by atoms with Gasteiger partial charge in [-0.05, 0) is 38.5 Å². The zero-order valence-electron chi connectivity index (χ0n) is 26.2. The van der Waals surface area contributed by atoms with Gasteiger partial charge in [0.15, 0.2) is 0 Å². The average molecular weight is 568 g/mol. The number of hydrogen-bond acceptors (Lipinski definition) is 4. The van der Waals surface area contributed by atoms with E-state index >= 15 is 0 Å². The molecule has 0 heterocycles. The normalized spacial score (nSPS) is 15.5. The number of carbonyl (C=O) groups is 3. The number of carboxylic acids is 3. The van der Waals surface area contributed by atoms with Crippen molar-refractivity contribution >= 4 is 17.9 Å². The third kappa shape index (κ3) is 20.1. The van der Waals surface area contributed by atoms with Crippen LogP contribution >= 0.6 is 0 Å². The third-order valence-electron chi connectivity index (χ3n) is 8.50. The van der Waals surface area contributed by atoms with Crippen LogP contribution in [0.25, 0.3) is 0 Å². The minimum Gasteiger partial charge on any atom is -0.550 e. The standard InChI is InChI=1S/C33H61NO6/c1-5-6-7-8-9-10-11-12-13-14-15-16-17-18-19-20-24-34(25-21-28(2)31(35)36,26-22-29(3)32(37)38)27-23-30(4)33(39)40/h9-10,28-30H,5-8,11-27H2,1-4H3,(H2-,35,36,37,38,39,40)/b10-9+. The van der Waals surface area contributed by atoms with Gasteiger partial charge in [-0.25, -0.2) is 0 Å². The van der Waals surface area contributed by atoms with Crippen molar-refractivity contribution in [1.82, 2.24) is 0 Å². The summed E-state index contributed by atoms with van der Waals surface area (Å²) in [6.45, 7) is 9.95. The zero-order chi connectivity index (χ0) is 30.2. The van der Waals surface area contributed by atoms with Crippen LogP contribution in [0.2, 0.25) is 0 Å². The Morgan fingerprint density at radius 3 is 1.38 bits per heavy atom. The van der Waals surface area contributed by atoms with Crippen LogP contribution in [0, 0.1) is 17.8 Å². The number of rotatable bonds is 28. The summed E-state index contributed by atoms with van der Waals surface area (Å²) in [6.07, 6.45) is 23.3. The number of aliphatic carboxylic acids is 3. The second-order valence-electron chi connectivity index (χ2n) is 12.2. The predicted octanol–water partition coefficient (Wildman–Crippen LogP) is 6.84. The molecule has 0 amide bonds. The Kier molecular flexibility index (Phi) is 22.7. The molecule has 0 aliphatic heterocycles. The Hall–Kier alpha value is -1.89. The van der Waals surface area contributed by atoms with E-state index in [1.807, 2.05) is 0 Å². The molecule has 0 rings (SSSR count). The topological polar surface area (TPSA) is 115 Å². The third-order valence-corrected chi connectivity index (χ3v) is 8.50. The first kappa shape index (κ1) is 38.1. The molecule has 0 fully saturated rings. The molecule has 3 unspecified atom stereocenters. The minimum atomic E-state index is -1.07. The van der Waals surface area contributed by atoms with Gasteiger partial charge in [-0.1, -0.05) is 91.2 Å². The largest absolute Gasteiger partial charge is 0.550 e. The summed E-state index contributed by atoms with van der Waals surface area (Å²) in [4.78, 5) is 34.3. The molecule has 0 radical (unpaired) electrons. The van der Waals surface area contributed by atoms with Gasteiger partial charge in [0.2, 0.25) is 0 Å². The molecule has 234 valence electrons. The molecular weight excluding hydrogens is 506 g/mol. The van der Waals surface area contributed by atoms with Crippen molar-refractivity contribution in [3.05, 3.63) is 12.2 Å². The fourth-order valence-corrected chi connectivity index (χ4v) is 5.13. The Bertz CT molecular complexity index is 647. The monoisotopic (exact) mass is 567 g/mol. The molecule has 0 aromatic carbocycles. The molecule has 40 heavy (non-hydrogen) atoms. The fourth-order valence-electron chi connectivity index (χ4n) is 5.13. The van der Waals surface area contributed by atoms with Gasteiger partial charge < -0.3 is 24.6 Å². The average Bonchev–Trinajstić information content (AvgIpc) is 2.92. The fraction of sp³-hybridized carbons (Fsp3) is 0.848. The molecule has 0 aliphatic carbocycles. The molecule has 0 aromatic rings. The van der Waals surface area contributed by atoms with E-state index in [4.69, 9.17) is 0 Å². The van der Waals surface area contributed by atoms with E-state index in [0.29, 0.717) is 43.4 Å². The summed E-state index contributed by atoms with van der Waals surface area (Å²) < 4.78 is 0.583. The van der Waals surface area contributed by atoms with E-state index in [-0.39, 0.29) is 0 Å². The molecule has 0 saturated heterocycles. The lowest BCUT2D eigenvalue weighted by Gasteiger charge is -2.41. The summed E-state index contributed by atoms with van der Waals surface area (Å²) in [5, 5.41) is 30.2. The van der Waals surface area contributed by atoms with Crippen LogP contribution in [0.15, 0.2) is 12.2 Å². The van der Waals surface area contributed by atoms with Gasteiger partial charge in [0.05, 0.1) is 38.0 Å². The number of quaternary nitrogens is 1. The van der Waals surface area contributed by atoms with Crippen LogP contribution in [-0.4, -0.2) is 58.8 Å². The lowest BCUT2D eigenvalue weighted by molar-refractivity contribution is -0.929. The minimum absolute atomic E-state index is 0.444. The maximum atomic E-state index is 11.5. The predicted molar refractivity (Wildman–Crippen MR) is 161 cm³/mol. The Balaban J connectivity index is 4.64. The van der Waals surface area contributed by atoms with E-state index in [0.717, 1.165) is 25.8 Å². The summed E-state index contributed by atoms with van der Waals surface area (Å²) in [5.41, 5.74) is 0. The zero-order valence-corrected chi connectivity index (χ0v) is 26.2. The second kappa shape index (κ2) is 23.8. The maximum absolute atomic E-state index is 11.5. The second-order valence-corrected chi connectivity index (χ2v) is 12.2. The number of allylic oxidation sites excluding steroid dienone is 2. The van der Waals surface area contributed by atoms with Crippen LogP contribution in [0.4, 0.5) is 0 Å². The summed E-state index contributed by atoms with van der Waals surface area (Å²) in [5.74, 6) is -4.31. The molecule has 0 saturated carbocycles. The van der Waals surface area contributed by atoms with Crippen LogP contribution in [0.1, 0.15) is 137 Å². The SMILES string of the molecule is CCCCC/C=C/CCCCCCCCCCC[N+](CCC(C)C(=O)[O-])(CCC(C)C(=O)O)CCC(C)C(=O)O. The summed E-state index contributed by atoms with van der Waals surface area (Å²) in [6, 6.07) is 0. The molecule has 0 aromatic heterocycles. The van der Waals surface area contributed by atoms with Gasteiger partial charge >= 0.3 is 11.9 Å². The highest BCUT2D eigenvalue weighted by molar-refractivity contribution is 5.69. The van der Waals surface area contributed by atoms with Gasteiger partial charge in [-0.3, -0.25) is 9.59 Å². The molecule has 0 aliphatic rings. The van der Waals surface area contributed by atoms with Crippen molar-refractivity contribution in [2.75, 3.05) is 26.2 Å². The first-order valence-electron chi connectivity index (χ1n) is 16.2. The van der Waals surface area contributed by atoms with Crippen molar-refractivity contribution in [1.29, 1.82) is 0 Å². The molecule has 7 nitrogen and oxygen atoms in total. The smallest absolute Gasteiger partial charge is 0.306 e. The van der Waals surface area contributed by atoms with E-state index in [1.54, 1.807) is 20.8 Å². The van der Waals surface area contributed by atoms with Crippen molar-refractivity contribution in [2.45, 2.75) is 137 Å². The van der Waals surface area contributed by atoms with Crippen molar-refractivity contribution in [2.24, 2.45) is 17.8 Å². The quantitative estimate of drug-likeness (QED) is 0.0608. The molecule has 0 spiro atoms. The van der Waals surface area contributed by atoms with Crippen LogP contribution < -0.4 is 5.11 Å². The van der Waals surface area contributed by atoms with E-state index < -0.39 is 35.7 Å². The number of carboxylic acid groups (broad SMARTS) is 3. The van der Waals surface area contributed by atoms with Crippen molar-refractivity contribution < 1.29 is 34.2 Å². The van der Waals surface area contributed by atoms with Crippen LogP contribution in [0.3, 0.4) is 0 Å². The first-order chi connectivity index (χ1) is 19.0. The van der Waals surface area contributed by atoms with Gasteiger partial charge in [-0.15, -0.1) is 0 Å². The van der Waals surface area contributed by atoms with Gasteiger partial charge in [0, 0.05) is 31.1 Å². The highest BCUT2D eigenvalue weighted by atomic mass is 16.4. The Morgan fingerprint density at radius 1 is 0.600 bits per heavy atom. The summed E-state index contributed by atoms with van der Waals surface area (Å²) in [7, 11) is 0. The van der Waals surface area contributed by atoms with Gasteiger partial charge in [0.1, 0.15) is 0 Å². The van der Waals surface area contributed by atoms with Crippen molar-refractivity contribution in [3.8, 4) is 0 Å².